The third kappa shape index (κ3) is 4.85. The summed E-state index contributed by atoms with van der Waals surface area (Å²) in [6.07, 6.45) is 2.61. The fourth-order valence-electron chi connectivity index (χ4n) is 2.75. The van der Waals surface area contributed by atoms with Gasteiger partial charge in [-0.25, -0.2) is 4.90 Å². The van der Waals surface area contributed by atoms with E-state index in [4.69, 9.17) is 9.47 Å². The molecule has 1 atom stereocenters. The van der Waals surface area contributed by atoms with E-state index in [9.17, 15) is 9.59 Å². The van der Waals surface area contributed by atoms with Crippen molar-refractivity contribution < 1.29 is 19.1 Å². The largest absolute Gasteiger partial charge is 0.490 e. The summed E-state index contributed by atoms with van der Waals surface area (Å²) in [6, 6.07) is 12.6. The van der Waals surface area contributed by atoms with Gasteiger partial charge in [0.25, 0.3) is 11.1 Å². The van der Waals surface area contributed by atoms with Crippen molar-refractivity contribution in [2.75, 3.05) is 11.5 Å². The van der Waals surface area contributed by atoms with E-state index < -0.39 is 0 Å². The van der Waals surface area contributed by atoms with E-state index in [-0.39, 0.29) is 17.3 Å². The summed E-state index contributed by atoms with van der Waals surface area (Å²) in [5, 5.41) is -0.312. The fraction of sp³-hybridized carbons (Fsp3) is 0.273. The molecule has 5 nitrogen and oxygen atoms in total. The topological polar surface area (TPSA) is 55.8 Å². The Bertz CT molecular complexity index is 945. The number of benzene rings is 2. The number of amides is 2. The lowest BCUT2D eigenvalue weighted by molar-refractivity contribution is -0.113. The maximum Gasteiger partial charge on any atom is 0.298 e. The highest BCUT2D eigenvalue weighted by atomic mass is 79.9. The first-order chi connectivity index (χ1) is 13.9. The Labute approximate surface area is 183 Å². The van der Waals surface area contributed by atoms with Crippen LogP contribution in [0.1, 0.15) is 32.8 Å². The maximum atomic E-state index is 12.8. The van der Waals surface area contributed by atoms with Crippen molar-refractivity contribution >= 4 is 50.6 Å². The number of ether oxygens (including phenoxy) is 2. The summed E-state index contributed by atoms with van der Waals surface area (Å²) < 4.78 is 12.5. The maximum absolute atomic E-state index is 12.8. The van der Waals surface area contributed by atoms with Crippen molar-refractivity contribution in [2.45, 2.75) is 33.3 Å². The second kappa shape index (κ2) is 9.50. The van der Waals surface area contributed by atoms with E-state index in [1.807, 2.05) is 32.0 Å². The molecule has 1 saturated heterocycles. The lowest BCUT2D eigenvalue weighted by atomic mass is 10.1. The normalized spacial score (nSPS) is 16.4. The van der Waals surface area contributed by atoms with Crippen molar-refractivity contribution in [3.63, 3.8) is 0 Å². The number of halogens is 1. The summed E-state index contributed by atoms with van der Waals surface area (Å²) in [6.45, 7) is 6.43. The Morgan fingerprint density at radius 1 is 1.17 bits per heavy atom. The average Bonchev–Trinajstić information content (AvgIpc) is 2.98. The Balaban J connectivity index is 1.94. The lowest BCUT2D eigenvalue weighted by Gasteiger charge is -2.18. The van der Waals surface area contributed by atoms with E-state index >= 15 is 0 Å². The number of para-hydroxylation sites is 1. The molecule has 0 aliphatic carbocycles. The molecule has 0 saturated carbocycles. The number of hydrogen-bond acceptors (Lipinski definition) is 5. The van der Waals surface area contributed by atoms with Gasteiger partial charge in [0, 0.05) is 0 Å². The second-order valence-corrected chi connectivity index (χ2v) is 8.30. The Morgan fingerprint density at radius 3 is 2.55 bits per heavy atom. The highest BCUT2D eigenvalue weighted by Gasteiger charge is 2.36. The number of hydrogen-bond donors (Lipinski definition) is 0. The molecule has 2 aromatic rings. The van der Waals surface area contributed by atoms with E-state index in [1.165, 1.54) is 4.90 Å². The van der Waals surface area contributed by atoms with E-state index in [2.05, 4.69) is 22.9 Å². The van der Waals surface area contributed by atoms with Crippen LogP contribution in [0.15, 0.2) is 51.8 Å². The first-order valence-electron chi connectivity index (χ1n) is 9.40. The minimum absolute atomic E-state index is 0.0405. The molecule has 0 N–H and O–H groups in total. The predicted molar refractivity (Wildman–Crippen MR) is 121 cm³/mol. The zero-order valence-corrected chi connectivity index (χ0v) is 18.9. The van der Waals surface area contributed by atoms with Gasteiger partial charge in [0.1, 0.15) is 0 Å². The number of thioether (sulfide) groups is 1. The van der Waals surface area contributed by atoms with Crippen LogP contribution in [0.2, 0.25) is 0 Å². The number of anilines is 1. The van der Waals surface area contributed by atoms with Gasteiger partial charge in [-0.3, -0.25) is 9.59 Å². The summed E-state index contributed by atoms with van der Waals surface area (Å²) >= 11 is 4.47. The number of carbonyl (C=O) groups excluding carboxylic acids is 2. The predicted octanol–water partition coefficient (Wildman–Crippen LogP) is 6.27. The number of rotatable bonds is 7. The molecule has 2 aromatic carbocycles. The summed E-state index contributed by atoms with van der Waals surface area (Å²) in [7, 11) is 0. The van der Waals surface area contributed by atoms with Crippen molar-refractivity contribution in [2.24, 2.45) is 0 Å². The van der Waals surface area contributed by atoms with Crippen LogP contribution in [0.25, 0.3) is 6.08 Å². The molecule has 0 bridgehead atoms. The number of carbonyl (C=O) groups is 2. The molecule has 29 heavy (non-hydrogen) atoms. The Morgan fingerprint density at radius 2 is 1.90 bits per heavy atom. The van der Waals surface area contributed by atoms with Gasteiger partial charge in [-0.15, -0.1) is 0 Å². The second-order valence-electron chi connectivity index (χ2n) is 6.45. The highest BCUT2D eigenvalue weighted by Crippen LogP contribution is 2.40. The van der Waals surface area contributed by atoms with Gasteiger partial charge in [0.15, 0.2) is 11.5 Å². The first kappa shape index (κ1) is 21.5. The molecule has 2 amide bonds. The van der Waals surface area contributed by atoms with Crippen molar-refractivity contribution in [1.82, 2.24) is 0 Å². The molecular formula is C22H22BrNO4S. The molecule has 1 aliphatic rings. The number of nitrogens with zero attached hydrogens (tertiary/aromatic N) is 1. The van der Waals surface area contributed by atoms with Crippen molar-refractivity contribution in [3.05, 3.63) is 57.4 Å². The molecule has 0 unspecified atom stereocenters. The van der Waals surface area contributed by atoms with Gasteiger partial charge in [-0.1, -0.05) is 25.1 Å². The first-order valence-corrected chi connectivity index (χ1v) is 11.0. The van der Waals surface area contributed by atoms with Gasteiger partial charge >= 0.3 is 0 Å². The zero-order chi connectivity index (χ0) is 21.0. The lowest BCUT2D eigenvalue weighted by Crippen LogP contribution is -2.27. The molecule has 7 heteroatoms. The Hall–Kier alpha value is -2.25. The molecule has 0 aromatic heterocycles. The molecule has 1 fully saturated rings. The molecule has 0 spiro atoms. The minimum Gasteiger partial charge on any atom is -0.490 e. The van der Waals surface area contributed by atoms with Crippen LogP contribution in [-0.4, -0.2) is 23.9 Å². The quantitative estimate of drug-likeness (QED) is 0.441. The zero-order valence-electron chi connectivity index (χ0n) is 16.5. The van der Waals surface area contributed by atoms with Crippen molar-refractivity contribution in [3.8, 4) is 11.5 Å². The van der Waals surface area contributed by atoms with Gasteiger partial charge in [-0.2, -0.15) is 0 Å². The molecule has 1 heterocycles. The van der Waals surface area contributed by atoms with Crippen molar-refractivity contribution in [1.29, 1.82) is 0 Å². The highest BCUT2D eigenvalue weighted by molar-refractivity contribution is 9.10. The van der Waals surface area contributed by atoms with Gasteiger partial charge in [-0.05, 0) is 83.9 Å². The van der Waals surface area contributed by atoms with E-state index in [0.717, 1.165) is 28.2 Å². The molecule has 0 radical (unpaired) electrons. The van der Waals surface area contributed by atoms with Crippen LogP contribution < -0.4 is 14.4 Å². The molecule has 1 aliphatic heterocycles. The van der Waals surface area contributed by atoms with E-state index in [0.29, 0.717) is 28.7 Å². The van der Waals surface area contributed by atoms with Crippen LogP contribution in [0.4, 0.5) is 10.5 Å². The number of imide groups is 1. The summed E-state index contributed by atoms with van der Waals surface area (Å²) in [5.41, 5.74) is 1.31. The van der Waals surface area contributed by atoms with Crippen LogP contribution in [-0.2, 0) is 4.79 Å². The molecule has 3 rings (SSSR count). The molecular weight excluding hydrogens is 454 g/mol. The third-order valence-electron chi connectivity index (χ3n) is 4.33. The SMILES string of the molecule is CCOc1cc(/C=C2/SC(=O)N(c3ccccc3)C2=O)cc(Br)c1O[C@H](C)CC. The monoisotopic (exact) mass is 475 g/mol. The summed E-state index contributed by atoms with van der Waals surface area (Å²) in [5.74, 6) is 0.895. The Kier molecular flexibility index (Phi) is 7.03. The van der Waals surface area contributed by atoms with Gasteiger partial charge in [0.05, 0.1) is 27.8 Å². The van der Waals surface area contributed by atoms with E-state index in [1.54, 1.807) is 30.3 Å². The molecule has 152 valence electrons. The average molecular weight is 476 g/mol. The van der Waals surface area contributed by atoms with Gasteiger partial charge in [0.2, 0.25) is 0 Å². The van der Waals surface area contributed by atoms with Crippen LogP contribution in [0, 0.1) is 0 Å². The van der Waals surface area contributed by atoms with Crippen LogP contribution >= 0.6 is 27.7 Å². The summed E-state index contributed by atoms with van der Waals surface area (Å²) in [4.78, 5) is 26.8. The third-order valence-corrected chi connectivity index (χ3v) is 5.79. The van der Waals surface area contributed by atoms with Crippen LogP contribution in [0.5, 0.6) is 11.5 Å². The van der Waals surface area contributed by atoms with Crippen LogP contribution in [0.3, 0.4) is 0 Å². The standard InChI is InChI=1S/C22H22BrNO4S/c1-4-14(3)28-20-17(23)11-15(12-18(20)27-5-2)13-19-21(25)24(22(26)29-19)16-9-7-6-8-10-16/h6-14H,4-5H2,1-3H3/b19-13+/t14-/m1/s1. The van der Waals surface area contributed by atoms with Gasteiger partial charge < -0.3 is 9.47 Å². The minimum atomic E-state index is -0.333. The fourth-order valence-corrected chi connectivity index (χ4v) is 4.15. The smallest absolute Gasteiger partial charge is 0.298 e.